The van der Waals surface area contributed by atoms with E-state index in [4.69, 9.17) is 5.73 Å². The summed E-state index contributed by atoms with van der Waals surface area (Å²) < 4.78 is 26.2. The number of nitrogens with one attached hydrogen (secondary N) is 1. The normalized spacial score (nSPS) is 12.0. The van der Waals surface area contributed by atoms with Crippen molar-refractivity contribution in [1.29, 1.82) is 0 Å². The number of hydrogen-bond donors (Lipinski definition) is 2. The molecule has 9 heteroatoms. The highest BCUT2D eigenvalue weighted by Gasteiger charge is 2.15. The zero-order valence-electron chi connectivity index (χ0n) is 8.47. The Hall–Kier alpha value is -0.770. The lowest BCUT2D eigenvalue weighted by molar-refractivity contribution is 0.526. The molecule has 0 fully saturated rings. The SMILES string of the molecule is CN(C)S(=O)(=O)Nc1nnc(CCN)s1. The summed E-state index contributed by atoms with van der Waals surface area (Å²) >= 11 is 1.18. The standard InChI is InChI=1S/C6H13N5O2S2/c1-11(2)15(12,13)10-6-9-8-5(14-6)3-4-7/h3-4,7H2,1-2H3,(H,9,10). The number of nitrogens with zero attached hydrogens (tertiary/aromatic N) is 3. The molecule has 0 bridgehead atoms. The van der Waals surface area contributed by atoms with Crippen molar-refractivity contribution >= 4 is 26.7 Å². The molecule has 0 radical (unpaired) electrons. The van der Waals surface area contributed by atoms with Gasteiger partial charge in [-0.1, -0.05) is 11.3 Å². The van der Waals surface area contributed by atoms with Crippen molar-refractivity contribution in [2.45, 2.75) is 6.42 Å². The van der Waals surface area contributed by atoms with Gasteiger partial charge in [0.2, 0.25) is 5.13 Å². The molecule has 0 aliphatic rings. The van der Waals surface area contributed by atoms with Gasteiger partial charge in [-0.25, -0.2) is 4.72 Å². The molecule has 0 saturated carbocycles. The summed E-state index contributed by atoms with van der Waals surface area (Å²) in [6.45, 7) is 0.467. The molecule has 7 nitrogen and oxygen atoms in total. The second-order valence-electron chi connectivity index (χ2n) is 2.93. The van der Waals surface area contributed by atoms with Crippen molar-refractivity contribution in [1.82, 2.24) is 14.5 Å². The van der Waals surface area contributed by atoms with Crippen LogP contribution in [-0.2, 0) is 16.6 Å². The van der Waals surface area contributed by atoms with Crippen LogP contribution in [0.25, 0.3) is 0 Å². The van der Waals surface area contributed by atoms with E-state index in [-0.39, 0.29) is 5.13 Å². The average molecular weight is 251 g/mol. The maximum absolute atomic E-state index is 11.4. The first-order chi connectivity index (χ1) is 6.95. The van der Waals surface area contributed by atoms with Gasteiger partial charge in [0.15, 0.2) is 0 Å². The summed E-state index contributed by atoms with van der Waals surface area (Å²) in [4.78, 5) is 0. The molecule has 0 unspecified atom stereocenters. The second-order valence-corrected chi connectivity index (χ2v) is 5.88. The minimum absolute atomic E-state index is 0.257. The third-order valence-electron chi connectivity index (χ3n) is 1.52. The van der Waals surface area contributed by atoms with Crippen molar-refractivity contribution in [2.75, 3.05) is 25.4 Å². The molecule has 0 aliphatic heterocycles. The van der Waals surface area contributed by atoms with Gasteiger partial charge in [0.05, 0.1) is 0 Å². The van der Waals surface area contributed by atoms with E-state index >= 15 is 0 Å². The fourth-order valence-corrected chi connectivity index (χ4v) is 2.25. The molecule has 86 valence electrons. The van der Waals surface area contributed by atoms with Crippen molar-refractivity contribution < 1.29 is 8.42 Å². The zero-order valence-corrected chi connectivity index (χ0v) is 10.1. The van der Waals surface area contributed by atoms with Crippen molar-refractivity contribution in [3.05, 3.63) is 5.01 Å². The Bertz CT molecular complexity index is 413. The number of hydrogen-bond acceptors (Lipinski definition) is 6. The van der Waals surface area contributed by atoms with Crippen LogP contribution in [0.2, 0.25) is 0 Å². The smallest absolute Gasteiger partial charge is 0.302 e. The number of aromatic nitrogens is 2. The summed E-state index contributed by atoms with van der Waals surface area (Å²) in [5.74, 6) is 0. The van der Waals surface area contributed by atoms with Gasteiger partial charge >= 0.3 is 10.2 Å². The topological polar surface area (TPSA) is 101 Å². The van der Waals surface area contributed by atoms with E-state index in [9.17, 15) is 8.42 Å². The Morgan fingerprint density at radius 2 is 2.13 bits per heavy atom. The number of anilines is 1. The third kappa shape index (κ3) is 3.38. The van der Waals surface area contributed by atoms with E-state index in [1.807, 2.05) is 0 Å². The van der Waals surface area contributed by atoms with Gasteiger partial charge in [0, 0.05) is 20.5 Å². The van der Waals surface area contributed by atoms with Gasteiger partial charge in [-0.05, 0) is 6.54 Å². The van der Waals surface area contributed by atoms with E-state index in [0.717, 1.165) is 4.31 Å². The highest BCUT2D eigenvalue weighted by molar-refractivity contribution is 7.90. The third-order valence-corrected chi connectivity index (χ3v) is 3.96. The van der Waals surface area contributed by atoms with Crippen LogP contribution in [0.15, 0.2) is 0 Å². The minimum atomic E-state index is -3.49. The van der Waals surface area contributed by atoms with Crippen LogP contribution in [0.5, 0.6) is 0 Å². The summed E-state index contributed by atoms with van der Waals surface area (Å²) in [7, 11) is -0.623. The predicted octanol–water partition coefficient (Wildman–Crippen LogP) is -0.742. The van der Waals surface area contributed by atoms with Crippen LogP contribution in [0.1, 0.15) is 5.01 Å². The first kappa shape index (κ1) is 12.3. The molecule has 1 aromatic rings. The molecule has 3 N–H and O–H groups in total. The van der Waals surface area contributed by atoms with Gasteiger partial charge < -0.3 is 5.73 Å². The molecule has 0 amide bonds. The Kier molecular flexibility index (Phi) is 3.97. The average Bonchev–Trinajstić information content (AvgIpc) is 2.52. The number of nitrogens with two attached hydrogens (primary N) is 1. The quantitative estimate of drug-likeness (QED) is 0.717. The summed E-state index contributed by atoms with van der Waals surface area (Å²) in [6, 6.07) is 0. The Morgan fingerprint density at radius 3 is 2.67 bits per heavy atom. The fourth-order valence-electron chi connectivity index (χ4n) is 0.721. The maximum atomic E-state index is 11.4. The monoisotopic (exact) mass is 251 g/mol. The van der Waals surface area contributed by atoms with Crippen molar-refractivity contribution in [2.24, 2.45) is 5.73 Å². The number of rotatable bonds is 5. The van der Waals surface area contributed by atoms with E-state index in [2.05, 4.69) is 14.9 Å². The lowest BCUT2D eigenvalue weighted by Crippen LogP contribution is -2.28. The molecule has 1 heterocycles. The second kappa shape index (κ2) is 4.84. The van der Waals surface area contributed by atoms with E-state index < -0.39 is 10.2 Å². The molecular formula is C6H13N5O2S2. The summed E-state index contributed by atoms with van der Waals surface area (Å²) in [5, 5.41) is 8.46. The largest absolute Gasteiger partial charge is 0.330 e. The molecule has 0 spiro atoms. The van der Waals surface area contributed by atoms with Crippen LogP contribution in [-0.4, -0.2) is 43.6 Å². The molecule has 0 atom stereocenters. The maximum Gasteiger partial charge on any atom is 0.302 e. The van der Waals surface area contributed by atoms with Crippen LogP contribution in [0.3, 0.4) is 0 Å². The zero-order chi connectivity index (χ0) is 11.5. The fraction of sp³-hybridized carbons (Fsp3) is 0.667. The molecule has 1 aromatic heterocycles. The molecule has 0 aliphatic carbocycles. The van der Waals surface area contributed by atoms with Gasteiger partial charge in [0.1, 0.15) is 5.01 Å². The highest BCUT2D eigenvalue weighted by atomic mass is 32.2. The lowest BCUT2D eigenvalue weighted by Gasteiger charge is -2.10. The van der Waals surface area contributed by atoms with Crippen LogP contribution < -0.4 is 10.5 Å². The highest BCUT2D eigenvalue weighted by Crippen LogP contribution is 2.16. The van der Waals surface area contributed by atoms with E-state index in [1.54, 1.807) is 0 Å². The Labute approximate surface area is 92.5 Å². The van der Waals surface area contributed by atoms with Crippen LogP contribution in [0, 0.1) is 0 Å². The molecule has 15 heavy (non-hydrogen) atoms. The summed E-state index contributed by atoms with van der Waals surface area (Å²) in [5.41, 5.74) is 5.34. The predicted molar refractivity (Wildman–Crippen MR) is 58.9 cm³/mol. The minimum Gasteiger partial charge on any atom is -0.330 e. The van der Waals surface area contributed by atoms with Crippen LogP contribution >= 0.6 is 11.3 Å². The van der Waals surface area contributed by atoms with Crippen molar-refractivity contribution in [3.63, 3.8) is 0 Å². The van der Waals surface area contributed by atoms with Gasteiger partial charge in [-0.15, -0.1) is 10.2 Å². The Balaban J connectivity index is 2.73. The Morgan fingerprint density at radius 1 is 1.47 bits per heavy atom. The van der Waals surface area contributed by atoms with Gasteiger partial charge in [-0.2, -0.15) is 12.7 Å². The first-order valence-electron chi connectivity index (χ1n) is 4.18. The van der Waals surface area contributed by atoms with Crippen LogP contribution in [0.4, 0.5) is 5.13 Å². The molecule has 0 saturated heterocycles. The molecule has 0 aromatic carbocycles. The van der Waals surface area contributed by atoms with Gasteiger partial charge in [-0.3, -0.25) is 0 Å². The molecule has 1 rings (SSSR count). The molecular weight excluding hydrogens is 238 g/mol. The summed E-state index contributed by atoms with van der Waals surface area (Å²) in [6.07, 6.45) is 0.599. The van der Waals surface area contributed by atoms with Crippen molar-refractivity contribution in [3.8, 4) is 0 Å². The van der Waals surface area contributed by atoms with E-state index in [0.29, 0.717) is 18.0 Å². The first-order valence-corrected chi connectivity index (χ1v) is 6.44. The van der Waals surface area contributed by atoms with Gasteiger partial charge in [0.25, 0.3) is 0 Å². The lowest BCUT2D eigenvalue weighted by atomic mass is 10.5. The van der Waals surface area contributed by atoms with E-state index in [1.165, 1.54) is 25.4 Å².